The van der Waals surface area contributed by atoms with E-state index in [-0.39, 0.29) is 5.75 Å². The number of hydrogen-bond acceptors (Lipinski definition) is 3. The molecule has 0 saturated carbocycles. The van der Waals surface area contributed by atoms with Gasteiger partial charge in [-0.15, -0.1) is 0 Å². The molecule has 5 heteroatoms. The summed E-state index contributed by atoms with van der Waals surface area (Å²) in [5.74, 6) is 0.993. The van der Waals surface area contributed by atoms with Crippen LogP contribution in [0.3, 0.4) is 0 Å². The van der Waals surface area contributed by atoms with Crippen molar-refractivity contribution in [2.75, 3.05) is 11.9 Å². The third-order valence-corrected chi connectivity index (χ3v) is 3.48. The van der Waals surface area contributed by atoms with Crippen LogP contribution >= 0.6 is 27.5 Å². The predicted molar refractivity (Wildman–Crippen MR) is 85.8 cm³/mol. The molecule has 2 N–H and O–H groups in total. The van der Waals surface area contributed by atoms with E-state index in [0.29, 0.717) is 18.2 Å². The second-order valence-electron chi connectivity index (χ2n) is 4.20. The van der Waals surface area contributed by atoms with Gasteiger partial charge in [0.1, 0.15) is 11.5 Å². The maximum Gasteiger partial charge on any atom is 0.142 e. The Balaban J connectivity index is 2.17. The summed E-state index contributed by atoms with van der Waals surface area (Å²) in [5.41, 5.74) is 1.60. The van der Waals surface area contributed by atoms with Gasteiger partial charge in [-0.1, -0.05) is 27.5 Å². The minimum absolute atomic E-state index is 0.251. The molecule has 0 amide bonds. The number of ether oxygens (including phenoxy) is 1. The minimum atomic E-state index is 0.251. The largest absolute Gasteiger partial charge is 0.508 e. The van der Waals surface area contributed by atoms with Gasteiger partial charge in [0.05, 0.1) is 12.3 Å². The zero-order valence-electron chi connectivity index (χ0n) is 11.0. The van der Waals surface area contributed by atoms with Crippen molar-refractivity contribution in [1.29, 1.82) is 0 Å². The third-order valence-electron chi connectivity index (χ3n) is 2.75. The van der Waals surface area contributed by atoms with Crippen LogP contribution in [0.25, 0.3) is 0 Å². The Labute approximate surface area is 131 Å². The van der Waals surface area contributed by atoms with Crippen LogP contribution < -0.4 is 10.1 Å². The van der Waals surface area contributed by atoms with E-state index >= 15 is 0 Å². The van der Waals surface area contributed by atoms with Gasteiger partial charge < -0.3 is 15.2 Å². The van der Waals surface area contributed by atoms with Crippen LogP contribution in [0, 0.1) is 0 Å². The van der Waals surface area contributed by atoms with E-state index in [9.17, 15) is 5.11 Å². The van der Waals surface area contributed by atoms with Crippen molar-refractivity contribution in [2.24, 2.45) is 0 Å². The topological polar surface area (TPSA) is 41.5 Å². The number of aromatic hydroxyl groups is 1. The molecule has 3 nitrogen and oxygen atoms in total. The Hall–Kier alpha value is -1.39. The number of benzene rings is 2. The highest BCUT2D eigenvalue weighted by molar-refractivity contribution is 9.10. The molecule has 0 aliphatic carbocycles. The minimum Gasteiger partial charge on any atom is -0.508 e. The van der Waals surface area contributed by atoms with Crippen molar-refractivity contribution >= 4 is 33.2 Å². The molecule has 0 heterocycles. The monoisotopic (exact) mass is 355 g/mol. The molecular weight excluding hydrogens is 342 g/mol. The molecule has 0 aliphatic rings. The molecule has 106 valence electrons. The van der Waals surface area contributed by atoms with Gasteiger partial charge in [0.15, 0.2) is 0 Å². The molecule has 2 aromatic carbocycles. The van der Waals surface area contributed by atoms with Crippen LogP contribution in [0.4, 0.5) is 5.69 Å². The highest BCUT2D eigenvalue weighted by atomic mass is 79.9. The van der Waals surface area contributed by atoms with E-state index in [4.69, 9.17) is 16.3 Å². The first-order valence-corrected chi connectivity index (χ1v) is 7.41. The van der Waals surface area contributed by atoms with Crippen molar-refractivity contribution < 1.29 is 9.84 Å². The fraction of sp³-hybridized carbons (Fsp3) is 0.200. The lowest BCUT2D eigenvalue weighted by atomic mass is 10.2. The smallest absolute Gasteiger partial charge is 0.142 e. The van der Waals surface area contributed by atoms with Crippen molar-refractivity contribution in [2.45, 2.75) is 13.5 Å². The predicted octanol–water partition coefficient (Wildman–Crippen LogP) is 4.82. The molecule has 0 saturated heterocycles. The fourth-order valence-corrected chi connectivity index (χ4v) is 2.39. The van der Waals surface area contributed by atoms with E-state index in [0.717, 1.165) is 21.5 Å². The van der Waals surface area contributed by atoms with E-state index in [2.05, 4.69) is 21.2 Å². The number of anilines is 1. The van der Waals surface area contributed by atoms with Gasteiger partial charge in [0.2, 0.25) is 0 Å². The molecule has 0 spiro atoms. The highest BCUT2D eigenvalue weighted by Crippen LogP contribution is 2.30. The van der Waals surface area contributed by atoms with Gasteiger partial charge in [-0.25, -0.2) is 0 Å². The number of phenolic OH excluding ortho intramolecular Hbond substituents is 1. The van der Waals surface area contributed by atoms with Gasteiger partial charge in [0.25, 0.3) is 0 Å². The van der Waals surface area contributed by atoms with Crippen LogP contribution in [-0.2, 0) is 6.54 Å². The summed E-state index contributed by atoms with van der Waals surface area (Å²) in [5, 5.41) is 13.7. The number of hydrogen-bond donors (Lipinski definition) is 2. The molecule has 2 aromatic rings. The fourth-order valence-electron chi connectivity index (χ4n) is 1.81. The lowest BCUT2D eigenvalue weighted by Gasteiger charge is -2.13. The third kappa shape index (κ3) is 3.81. The first-order chi connectivity index (χ1) is 9.60. The molecular formula is C15H15BrClNO2. The summed E-state index contributed by atoms with van der Waals surface area (Å²) in [7, 11) is 0. The molecule has 0 radical (unpaired) electrons. The van der Waals surface area contributed by atoms with Gasteiger partial charge >= 0.3 is 0 Å². The van der Waals surface area contributed by atoms with E-state index in [1.54, 1.807) is 18.2 Å². The Morgan fingerprint density at radius 1 is 1.25 bits per heavy atom. The number of halogens is 2. The second kappa shape index (κ2) is 6.86. The zero-order chi connectivity index (χ0) is 14.5. The summed E-state index contributed by atoms with van der Waals surface area (Å²) in [6, 6.07) is 10.7. The summed E-state index contributed by atoms with van der Waals surface area (Å²) in [6.07, 6.45) is 0. The lowest BCUT2D eigenvalue weighted by Crippen LogP contribution is -2.03. The normalized spacial score (nSPS) is 10.3. The molecule has 0 aromatic heterocycles. The van der Waals surface area contributed by atoms with Gasteiger partial charge in [-0.2, -0.15) is 0 Å². The number of phenols is 1. The average molecular weight is 357 g/mol. The quantitative estimate of drug-likeness (QED) is 0.807. The Morgan fingerprint density at radius 3 is 2.80 bits per heavy atom. The zero-order valence-corrected chi connectivity index (χ0v) is 13.3. The first kappa shape index (κ1) is 15.0. The molecule has 0 atom stereocenters. The Bertz CT molecular complexity index is 604. The van der Waals surface area contributed by atoms with Gasteiger partial charge in [-0.05, 0) is 43.3 Å². The average Bonchev–Trinajstić information content (AvgIpc) is 2.42. The molecule has 0 aliphatic heterocycles. The maximum atomic E-state index is 9.82. The number of rotatable bonds is 5. The maximum absolute atomic E-state index is 9.82. The SMILES string of the molecule is CCOc1ccc(Cl)cc1NCc1cc(Br)ccc1O. The molecule has 0 bridgehead atoms. The summed E-state index contributed by atoms with van der Waals surface area (Å²) >= 11 is 9.39. The van der Waals surface area contributed by atoms with Crippen molar-refractivity contribution in [3.05, 3.63) is 51.5 Å². The molecule has 2 rings (SSSR count). The van der Waals surface area contributed by atoms with Crippen molar-refractivity contribution in [3.8, 4) is 11.5 Å². The van der Waals surface area contributed by atoms with Crippen molar-refractivity contribution in [3.63, 3.8) is 0 Å². The Morgan fingerprint density at radius 2 is 2.05 bits per heavy atom. The number of nitrogens with one attached hydrogen (secondary N) is 1. The van der Waals surface area contributed by atoms with Crippen LogP contribution in [-0.4, -0.2) is 11.7 Å². The van der Waals surface area contributed by atoms with E-state index < -0.39 is 0 Å². The van der Waals surface area contributed by atoms with Crippen LogP contribution in [0.5, 0.6) is 11.5 Å². The van der Waals surface area contributed by atoms with Crippen LogP contribution in [0.2, 0.25) is 5.02 Å². The molecule has 0 unspecified atom stereocenters. The van der Waals surface area contributed by atoms with Crippen LogP contribution in [0.15, 0.2) is 40.9 Å². The highest BCUT2D eigenvalue weighted by Gasteiger charge is 2.06. The van der Waals surface area contributed by atoms with E-state index in [1.165, 1.54) is 0 Å². The summed E-state index contributed by atoms with van der Waals surface area (Å²) < 4.78 is 6.46. The summed E-state index contributed by atoms with van der Waals surface area (Å²) in [4.78, 5) is 0. The van der Waals surface area contributed by atoms with Crippen LogP contribution in [0.1, 0.15) is 12.5 Å². The molecule has 0 fully saturated rings. The Kier molecular flexibility index (Phi) is 5.15. The van der Waals surface area contributed by atoms with Gasteiger partial charge in [-0.3, -0.25) is 0 Å². The van der Waals surface area contributed by atoms with Gasteiger partial charge in [0, 0.05) is 21.6 Å². The summed E-state index contributed by atoms with van der Waals surface area (Å²) in [6.45, 7) is 2.99. The molecule has 20 heavy (non-hydrogen) atoms. The standard InChI is InChI=1S/C15H15BrClNO2/c1-2-20-15-6-4-12(17)8-13(15)18-9-10-7-11(16)3-5-14(10)19/h3-8,18-19H,2,9H2,1H3. The lowest BCUT2D eigenvalue weighted by molar-refractivity contribution is 0.341. The van der Waals surface area contributed by atoms with Crippen molar-refractivity contribution in [1.82, 2.24) is 0 Å². The van der Waals surface area contributed by atoms with E-state index in [1.807, 2.05) is 25.1 Å². The second-order valence-corrected chi connectivity index (χ2v) is 5.55. The first-order valence-electron chi connectivity index (χ1n) is 6.23.